The molecule has 0 N–H and O–H groups in total. The maximum atomic E-state index is 2.39. The summed E-state index contributed by atoms with van der Waals surface area (Å²) in [5.74, 6) is 1.79. The van der Waals surface area contributed by atoms with E-state index in [4.69, 9.17) is 0 Å². The maximum absolute atomic E-state index is 2.39. The molecule has 0 aliphatic heterocycles. The van der Waals surface area contributed by atoms with E-state index in [-0.39, 0.29) is 0 Å². The van der Waals surface area contributed by atoms with Gasteiger partial charge in [-0.05, 0) is 11.8 Å². The Hall–Kier alpha value is 0. The summed E-state index contributed by atoms with van der Waals surface area (Å²) in [5.41, 5.74) is 0. The molecule has 0 fully saturated rings. The topological polar surface area (TPSA) is 0 Å². The van der Waals surface area contributed by atoms with Gasteiger partial charge in [0.25, 0.3) is 0 Å². The lowest BCUT2D eigenvalue weighted by molar-refractivity contribution is 0.374. The SMILES string of the molecule is CCCCCCCCC[C@H](C)C(C)C. The highest BCUT2D eigenvalue weighted by Gasteiger charge is 2.05. The zero-order valence-corrected chi connectivity index (χ0v) is 10.8. The normalized spacial score (nSPS) is 13.5. The molecule has 0 aromatic heterocycles. The number of rotatable bonds is 9. The first-order valence-electron chi connectivity index (χ1n) is 6.68. The predicted molar refractivity (Wildman–Crippen MR) is 66.6 cm³/mol. The molecule has 0 aliphatic carbocycles. The summed E-state index contributed by atoms with van der Waals surface area (Å²) in [6.45, 7) is 9.35. The molecule has 0 heteroatoms. The van der Waals surface area contributed by atoms with Crippen molar-refractivity contribution >= 4 is 0 Å². The molecule has 0 unspecified atom stereocenters. The highest BCUT2D eigenvalue weighted by atomic mass is 14.1. The summed E-state index contributed by atoms with van der Waals surface area (Å²) in [6.07, 6.45) is 11.5. The predicted octanol–water partition coefficient (Wildman–Crippen LogP) is 5.42. The lowest BCUT2D eigenvalue weighted by atomic mass is 9.92. The van der Waals surface area contributed by atoms with E-state index in [9.17, 15) is 0 Å². The number of hydrogen-bond donors (Lipinski definition) is 0. The van der Waals surface area contributed by atoms with Gasteiger partial charge in [0.2, 0.25) is 0 Å². The van der Waals surface area contributed by atoms with Gasteiger partial charge in [0, 0.05) is 0 Å². The van der Waals surface area contributed by atoms with Crippen LogP contribution in [-0.4, -0.2) is 0 Å². The summed E-state index contributed by atoms with van der Waals surface area (Å²) in [6, 6.07) is 0. The Labute approximate surface area is 91.5 Å². The van der Waals surface area contributed by atoms with Crippen LogP contribution >= 0.6 is 0 Å². The molecular weight excluding hydrogens is 168 g/mol. The summed E-state index contributed by atoms with van der Waals surface area (Å²) < 4.78 is 0. The van der Waals surface area contributed by atoms with Gasteiger partial charge in [-0.2, -0.15) is 0 Å². The van der Waals surface area contributed by atoms with Gasteiger partial charge in [-0.15, -0.1) is 0 Å². The van der Waals surface area contributed by atoms with E-state index in [1.165, 1.54) is 51.4 Å². The van der Waals surface area contributed by atoms with Crippen molar-refractivity contribution in [1.82, 2.24) is 0 Å². The van der Waals surface area contributed by atoms with Crippen LogP contribution in [0.5, 0.6) is 0 Å². The highest BCUT2D eigenvalue weighted by Crippen LogP contribution is 2.18. The molecule has 0 rings (SSSR count). The third-order valence-electron chi connectivity index (χ3n) is 3.40. The van der Waals surface area contributed by atoms with Crippen LogP contribution in [0.1, 0.15) is 79.1 Å². The van der Waals surface area contributed by atoms with Crippen molar-refractivity contribution in [3.63, 3.8) is 0 Å². The third kappa shape index (κ3) is 8.59. The van der Waals surface area contributed by atoms with Crippen LogP contribution in [0.3, 0.4) is 0 Å². The summed E-state index contributed by atoms with van der Waals surface area (Å²) in [4.78, 5) is 0. The minimum absolute atomic E-state index is 0.870. The Morgan fingerprint density at radius 1 is 0.714 bits per heavy atom. The average Bonchev–Trinajstić information content (AvgIpc) is 2.16. The Balaban J connectivity index is 3.06. The zero-order chi connectivity index (χ0) is 10.8. The summed E-state index contributed by atoms with van der Waals surface area (Å²) in [7, 11) is 0. The molecule has 0 saturated carbocycles. The molecule has 0 amide bonds. The van der Waals surface area contributed by atoms with Crippen molar-refractivity contribution in [3.05, 3.63) is 0 Å². The van der Waals surface area contributed by atoms with Crippen LogP contribution < -0.4 is 0 Å². The molecule has 0 radical (unpaired) electrons. The first kappa shape index (κ1) is 14.0. The second kappa shape index (κ2) is 9.55. The largest absolute Gasteiger partial charge is 0.0654 e. The van der Waals surface area contributed by atoms with E-state index in [1.807, 2.05) is 0 Å². The second-order valence-electron chi connectivity index (χ2n) is 5.13. The second-order valence-corrected chi connectivity index (χ2v) is 5.13. The summed E-state index contributed by atoms with van der Waals surface area (Å²) in [5, 5.41) is 0. The van der Waals surface area contributed by atoms with Gasteiger partial charge in [0.1, 0.15) is 0 Å². The van der Waals surface area contributed by atoms with Crippen molar-refractivity contribution in [1.29, 1.82) is 0 Å². The fourth-order valence-electron chi connectivity index (χ4n) is 1.76. The molecule has 1 atom stereocenters. The molecule has 14 heavy (non-hydrogen) atoms. The molecule has 0 bridgehead atoms. The molecule has 0 nitrogen and oxygen atoms in total. The standard InChI is InChI=1S/C14H30/c1-5-6-7-8-9-10-11-12-14(4)13(2)3/h13-14H,5-12H2,1-4H3/t14-/m0/s1. The molecule has 0 aliphatic rings. The fraction of sp³-hybridized carbons (Fsp3) is 1.00. The van der Waals surface area contributed by atoms with Gasteiger partial charge in [-0.25, -0.2) is 0 Å². The van der Waals surface area contributed by atoms with Crippen molar-refractivity contribution in [3.8, 4) is 0 Å². The van der Waals surface area contributed by atoms with E-state index in [1.54, 1.807) is 0 Å². The van der Waals surface area contributed by atoms with Crippen LogP contribution in [0, 0.1) is 11.8 Å². The number of hydrogen-bond acceptors (Lipinski definition) is 0. The van der Waals surface area contributed by atoms with Crippen LogP contribution in [0.15, 0.2) is 0 Å². The van der Waals surface area contributed by atoms with Crippen molar-refractivity contribution in [2.75, 3.05) is 0 Å². The maximum Gasteiger partial charge on any atom is -0.0420 e. The lowest BCUT2D eigenvalue weighted by Gasteiger charge is -2.14. The monoisotopic (exact) mass is 198 g/mol. The van der Waals surface area contributed by atoms with Crippen LogP contribution in [-0.2, 0) is 0 Å². The summed E-state index contributed by atoms with van der Waals surface area (Å²) >= 11 is 0. The zero-order valence-electron chi connectivity index (χ0n) is 10.8. The average molecular weight is 198 g/mol. The van der Waals surface area contributed by atoms with Crippen molar-refractivity contribution in [2.24, 2.45) is 11.8 Å². The quantitative estimate of drug-likeness (QED) is 0.434. The molecule has 0 aromatic carbocycles. The Bertz CT molecular complexity index is 105. The molecular formula is C14H30. The van der Waals surface area contributed by atoms with Crippen LogP contribution in [0.4, 0.5) is 0 Å². The van der Waals surface area contributed by atoms with E-state index < -0.39 is 0 Å². The van der Waals surface area contributed by atoms with Gasteiger partial charge in [0.15, 0.2) is 0 Å². The fourth-order valence-corrected chi connectivity index (χ4v) is 1.76. The van der Waals surface area contributed by atoms with Gasteiger partial charge < -0.3 is 0 Å². The van der Waals surface area contributed by atoms with Gasteiger partial charge in [0.05, 0.1) is 0 Å². The van der Waals surface area contributed by atoms with E-state index >= 15 is 0 Å². The third-order valence-corrected chi connectivity index (χ3v) is 3.40. The van der Waals surface area contributed by atoms with E-state index in [0.717, 1.165) is 11.8 Å². The van der Waals surface area contributed by atoms with Crippen LogP contribution in [0.2, 0.25) is 0 Å². The lowest BCUT2D eigenvalue weighted by Crippen LogP contribution is -2.03. The highest BCUT2D eigenvalue weighted by molar-refractivity contribution is 4.57. The number of unbranched alkanes of at least 4 members (excludes halogenated alkanes) is 6. The van der Waals surface area contributed by atoms with E-state index in [0.29, 0.717) is 0 Å². The van der Waals surface area contributed by atoms with Gasteiger partial charge in [-0.1, -0.05) is 79.1 Å². The molecule has 86 valence electrons. The van der Waals surface area contributed by atoms with Gasteiger partial charge in [-0.3, -0.25) is 0 Å². The first-order valence-corrected chi connectivity index (χ1v) is 6.68. The van der Waals surface area contributed by atoms with Gasteiger partial charge >= 0.3 is 0 Å². The molecule has 0 aromatic rings. The minimum Gasteiger partial charge on any atom is -0.0654 e. The molecule has 0 heterocycles. The van der Waals surface area contributed by atoms with Crippen molar-refractivity contribution in [2.45, 2.75) is 79.1 Å². The first-order chi connectivity index (χ1) is 6.68. The Kier molecular flexibility index (Phi) is 9.55. The van der Waals surface area contributed by atoms with Crippen molar-refractivity contribution < 1.29 is 0 Å². The Morgan fingerprint density at radius 3 is 1.71 bits per heavy atom. The molecule has 0 spiro atoms. The van der Waals surface area contributed by atoms with E-state index in [2.05, 4.69) is 27.7 Å². The van der Waals surface area contributed by atoms with Crippen LogP contribution in [0.25, 0.3) is 0 Å². The Morgan fingerprint density at radius 2 is 1.21 bits per heavy atom. The minimum atomic E-state index is 0.870. The smallest absolute Gasteiger partial charge is 0.0420 e. The molecule has 0 saturated heterocycles.